The maximum atomic E-state index is 11.9. The molecule has 1 fully saturated rings. The Morgan fingerprint density at radius 3 is 2.47 bits per heavy atom. The molecule has 1 aliphatic rings. The maximum Gasteiger partial charge on any atom is 0.245 e. The molecule has 4 nitrogen and oxygen atoms in total. The van der Waals surface area contributed by atoms with Gasteiger partial charge in [-0.2, -0.15) is 0 Å². The number of hydrogen-bond donors (Lipinski definition) is 1. The summed E-state index contributed by atoms with van der Waals surface area (Å²) in [6, 6.07) is -0.619. The molecule has 15 heavy (non-hydrogen) atoms. The molecule has 0 aliphatic carbocycles. The molecule has 1 rings (SSSR count). The molecule has 0 radical (unpaired) electrons. The highest BCUT2D eigenvalue weighted by Crippen LogP contribution is 2.15. The smallest absolute Gasteiger partial charge is 0.245 e. The lowest BCUT2D eigenvalue weighted by Crippen LogP contribution is -2.62. The summed E-state index contributed by atoms with van der Waals surface area (Å²) >= 11 is 0. The third-order valence-corrected chi connectivity index (χ3v) is 2.83. The summed E-state index contributed by atoms with van der Waals surface area (Å²) in [5, 5.41) is 2.80. The van der Waals surface area contributed by atoms with Crippen molar-refractivity contribution in [2.75, 3.05) is 7.05 Å². The summed E-state index contributed by atoms with van der Waals surface area (Å²) in [6.07, 6.45) is 1.38. The van der Waals surface area contributed by atoms with Crippen molar-refractivity contribution >= 4 is 11.8 Å². The zero-order valence-electron chi connectivity index (χ0n) is 9.91. The molecular formula is C11H20N2O2. The van der Waals surface area contributed by atoms with E-state index in [1.807, 2.05) is 20.8 Å². The number of nitrogens with one attached hydrogen (secondary N) is 1. The van der Waals surface area contributed by atoms with Gasteiger partial charge in [-0.1, -0.05) is 20.8 Å². The van der Waals surface area contributed by atoms with E-state index in [1.54, 1.807) is 11.9 Å². The van der Waals surface area contributed by atoms with Crippen LogP contribution in [0, 0.1) is 5.92 Å². The number of hydrogen-bond acceptors (Lipinski definition) is 2. The van der Waals surface area contributed by atoms with Crippen LogP contribution in [-0.2, 0) is 9.59 Å². The van der Waals surface area contributed by atoms with Crippen LogP contribution in [0.25, 0.3) is 0 Å². The van der Waals surface area contributed by atoms with Gasteiger partial charge >= 0.3 is 0 Å². The first kappa shape index (κ1) is 12.0. The van der Waals surface area contributed by atoms with E-state index in [9.17, 15) is 9.59 Å². The summed E-state index contributed by atoms with van der Waals surface area (Å²) in [5.41, 5.74) is 0. The van der Waals surface area contributed by atoms with Gasteiger partial charge in [0.15, 0.2) is 0 Å². The van der Waals surface area contributed by atoms with Gasteiger partial charge in [0.2, 0.25) is 11.8 Å². The Hall–Kier alpha value is -1.06. The first-order valence-electron chi connectivity index (χ1n) is 5.54. The van der Waals surface area contributed by atoms with E-state index in [1.165, 1.54) is 0 Å². The Balaban J connectivity index is 2.73. The molecule has 4 heteroatoms. The fourth-order valence-electron chi connectivity index (χ4n) is 2.00. The third kappa shape index (κ3) is 2.49. The minimum Gasteiger partial charge on any atom is -0.342 e. The van der Waals surface area contributed by atoms with Crippen molar-refractivity contribution in [3.8, 4) is 0 Å². The van der Waals surface area contributed by atoms with E-state index in [-0.39, 0.29) is 23.9 Å². The molecule has 0 spiro atoms. The summed E-state index contributed by atoms with van der Waals surface area (Å²) in [4.78, 5) is 25.1. The summed E-state index contributed by atoms with van der Waals surface area (Å²) in [6.45, 7) is 6.01. The first-order chi connectivity index (χ1) is 6.97. The lowest BCUT2D eigenvalue weighted by Gasteiger charge is -2.36. The van der Waals surface area contributed by atoms with Crippen LogP contribution in [0.2, 0.25) is 0 Å². The number of rotatable bonds is 3. The molecule has 86 valence electrons. The quantitative estimate of drug-likeness (QED) is 0.751. The predicted molar refractivity (Wildman–Crippen MR) is 58.2 cm³/mol. The third-order valence-electron chi connectivity index (χ3n) is 2.83. The van der Waals surface area contributed by atoms with Gasteiger partial charge in [0, 0.05) is 7.05 Å². The number of amides is 2. The van der Waals surface area contributed by atoms with Gasteiger partial charge in [0.25, 0.3) is 0 Å². The van der Waals surface area contributed by atoms with E-state index >= 15 is 0 Å². The van der Waals surface area contributed by atoms with Crippen LogP contribution in [0.3, 0.4) is 0 Å². The van der Waals surface area contributed by atoms with Gasteiger partial charge in [-0.05, 0) is 18.8 Å². The van der Waals surface area contributed by atoms with Crippen LogP contribution in [0.4, 0.5) is 0 Å². The standard InChI is InChI=1S/C11H20N2O2/c1-5-9-10(14)12-8(6-7(2)3)11(15)13(9)4/h7-9H,5-6H2,1-4H3,(H,12,14). The number of carbonyl (C=O) groups excluding carboxylic acids is 2. The van der Waals surface area contributed by atoms with Crippen molar-refractivity contribution in [3.63, 3.8) is 0 Å². The SMILES string of the molecule is CCC1C(=O)NC(CC(C)C)C(=O)N1C. The second kappa shape index (κ2) is 4.64. The van der Waals surface area contributed by atoms with Crippen molar-refractivity contribution in [1.82, 2.24) is 10.2 Å². The fourth-order valence-corrected chi connectivity index (χ4v) is 2.00. The van der Waals surface area contributed by atoms with Gasteiger partial charge in [-0.25, -0.2) is 0 Å². The second-order valence-electron chi connectivity index (χ2n) is 4.56. The fraction of sp³-hybridized carbons (Fsp3) is 0.818. The van der Waals surface area contributed by atoms with E-state index in [4.69, 9.17) is 0 Å². The average molecular weight is 212 g/mol. The van der Waals surface area contributed by atoms with Crippen LogP contribution >= 0.6 is 0 Å². The molecular weight excluding hydrogens is 192 g/mol. The minimum atomic E-state index is -0.328. The van der Waals surface area contributed by atoms with Crippen molar-refractivity contribution < 1.29 is 9.59 Å². The van der Waals surface area contributed by atoms with E-state index in [0.29, 0.717) is 18.8 Å². The molecule has 1 N–H and O–H groups in total. The van der Waals surface area contributed by atoms with Crippen LogP contribution in [0.5, 0.6) is 0 Å². The second-order valence-corrected chi connectivity index (χ2v) is 4.56. The zero-order chi connectivity index (χ0) is 11.6. The van der Waals surface area contributed by atoms with Gasteiger partial charge < -0.3 is 10.2 Å². The number of carbonyl (C=O) groups is 2. The lowest BCUT2D eigenvalue weighted by molar-refractivity contribution is -0.148. The van der Waals surface area contributed by atoms with Gasteiger partial charge in [0.1, 0.15) is 12.1 Å². The molecule has 1 heterocycles. The molecule has 1 aliphatic heterocycles. The highest BCUT2D eigenvalue weighted by Gasteiger charge is 2.37. The number of nitrogens with zero attached hydrogens (tertiary/aromatic N) is 1. The molecule has 2 unspecified atom stereocenters. The van der Waals surface area contributed by atoms with Gasteiger partial charge in [-0.3, -0.25) is 9.59 Å². The van der Waals surface area contributed by atoms with E-state index in [0.717, 1.165) is 0 Å². The molecule has 0 aromatic heterocycles. The molecule has 0 aromatic rings. The maximum absolute atomic E-state index is 11.9. The minimum absolute atomic E-state index is 0.0229. The molecule has 2 amide bonds. The van der Waals surface area contributed by atoms with Gasteiger partial charge in [0.05, 0.1) is 0 Å². The molecule has 0 bridgehead atoms. The van der Waals surface area contributed by atoms with Crippen molar-refractivity contribution in [2.45, 2.75) is 45.7 Å². The molecule has 0 aromatic carbocycles. The molecule has 0 saturated carbocycles. The van der Waals surface area contributed by atoms with Crippen molar-refractivity contribution in [3.05, 3.63) is 0 Å². The van der Waals surface area contributed by atoms with Crippen LogP contribution < -0.4 is 5.32 Å². The monoisotopic (exact) mass is 212 g/mol. The summed E-state index contributed by atoms with van der Waals surface area (Å²) in [5.74, 6) is 0.422. The Labute approximate surface area is 91.0 Å². The topological polar surface area (TPSA) is 49.4 Å². The van der Waals surface area contributed by atoms with Crippen LogP contribution in [-0.4, -0.2) is 35.8 Å². The normalized spacial score (nSPS) is 27.1. The number of piperazine rings is 1. The molecule has 2 atom stereocenters. The van der Waals surface area contributed by atoms with E-state index < -0.39 is 0 Å². The van der Waals surface area contributed by atoms with Crippen molar-refractivity contribution in [2.24, 2.45) is 5.92 Å². The van der Waals surface area contributed by atoms with E-state index in [2.05, 4.69) is 5.32 Å². The van der Waals surface area contributed by atoms with Crippen LogP contribution in [0.15, 0.2) is 0 Å². The zero-order valence-corrected chi connectivity index (χ0v) is 9.91. The average Bonchev–Trinajstić information content (AvgIpc) is 2.14. The van der Waals surface area contributed by atoms with Crippen LogP contribution in [0.1, 0.15) is 33.6 Å². The number of likely N-dealkylation sites (N-methyl/N-ethyl adjacent to an activating group) is 1. The first-order valence-corrected chi connectivity index (χ1v) is 5.54. The summed E-state index contributed by atoms with van der Waals surface area (Å²) < 4.78 is 0. The lowest BCUT2D eigenvalue weighted by atomic mass is 9.98. The summed E-state index contributed by atoms with van der Waals surface area (Å²) in [7, 11) is 1.71. The molecule has 1 saturated heterocycles. The van der Waals surface area contributed by atoms with Crippen molar-refractivity contribution in [1.29, 1.82) is 0 Å². The predicted octanol–water partition coefficient (Wildman–Crippen LogP) is 0.768. The van der Waals surface area contributed by atoms with Gasteiger partial charge in [-0.15, -0.1) is 0 Å². The Kier molecular flexibility index (Phi) is 3.72. The largest absolute Gasteiger partial charge is 0.342 e. The Morgan fingerprint density at radius 2 is 2.00 bits per heavy atom. The highest BCUT2D eigenvalue weighted by atomic mass is 16.2. The Bertz CT molecular complexity index is 263. The Morgan fingerprint density at radius 1 is 1.40 bits per heavy atom. The highest BCUT2D eigenvalue weighted by molar-refractivity contribution is 5.96.